The number of carboxylic acids is 1. The number of likely N-dealkylation sites (tertiary alicyclic amines) is 1. The van der Waals surface area contributed by atoms with Crippen molar-refractivity contribution in [2.24, 2.45) is 0 Å². The molecule has 1 aliphatic rings. The zero-order valence-corrected chi connectivity index (χ0v) is 12.9. The predicted molar refractivity (Wildman–Crippen MR) is 78.0 cm³/mol. The number of carbonyl (C=O) groups is 3. The number of aliphatic hydroxyl groups is 1. The molecule has 7 heteroatoms. The van der Waals surface area contributed by atoms with Crippen LogP contribution in [-0.2, 0) is 4.79 Å². The molecule has 3 N–H and O–H groups in total. The first-order valence-electron chi connectivity index (χ1n) is 7.12. The number of rotatable bonds is 3. The van der Waals surface area contributed by atoms with E-state index in [0.29, 0.717) is 22.5 Å². The van der Waals surface area contributed by atoms with Crippen LogP contribution < -0.4 is 0 Å². The van der Waals surface area contributed by atoms with Crippen molar-refractivity contribution in [2.75, 3.05) is 13.1 Å². The molecule has 0 spiro atoms. The van der Waals surface area contributed by atoms with Crippen LogP contribution in [0.3, 0.4) is 0 Å². The monoisotopic (exact) mass is 308 g/mol. The Morgan fingerprint density at radius 2 is 1.73 bits per heavy atom. The number of hydrogen-bond donors (Lipinski definition) is 3. The van der Waals surface area contributed by atoms with Crippen molar-refractivity contribution >= 4 is 17.7 Å². The van der Waals surface area contributed by atoms with E-state index in [1.807, 2.05) is 0 Å². The first kappa shape index (κ1) is 16.2. The van der Waals surface area contributed by atoms with Gasteiger partial charge in [0.25, 0.3) is 5.91 Å². The van der Waals surface area contributed by atoms with Crippen molar-refractivity contribution < 1.29 is 24.6 Å². The lowest BCUT2D eigenvalue weighted by Gasteiger charge is -2.35. The van der Waals surface area contributed by atoms with Crippen LogP contribution >= 0.6 is 0 Å². The molecule has 2 heterocycles. The van der Waals surface area contributed by atoms with Crippen molar-refractivity contribution in [3.8, 4) is 0 Å². The average molecular weight is 308 g/mol. The predicted octanol–water partition coefficient (Wildman–Crippen LogP) is 0.886. The van der Waals surface area contributed by atoms with Gasteiger partial charge in [-0.05, 0) is 26.3 Å². The van der Waals surface area contributed by atoms with Crippen LogP contribution in [0.4, 0.5) is 0 Å². The molecule has 120 valence electrons. The molecule has 22 heavy (non-hydrogen) atoms. The number of ketones is 1. The summed E-state index contributed by atoms with van der Waals surface area (Å²) in [6.07, 6.45) is -0.0151. The maximum absolute atomic E-state index is 12.5. The zero-order valence-electron chi connectivity index (χ0n) is 12.9. The van der Waals surface area contributed by atoms with Crippen LogP contribution in [0.25, 0.3) is 0 Å². The molecule has 0 bridgehead atoms. The molecule has 0 radical (unpaired) electrons. The normalized spacial score (nSPS) is 17.4. The summed E-state index contributed by atoms with van der Waals surface area (Å²) >= 11 is 0. The number of carboxylic acid groups (broad SMARTS) is 1. The first-order valence-corrected chi connectivity index (χ1v) is 7.12. The molecule has 1 saturated heterocycles. The Balaban J connectivity index is 2.19. The molecular weight excluding hydrogens is 288 g/mol. The molecule has 1 aromatic heterocycles. The quantitative estimate of drug-likeness (QED) is 0.718. The maximum atomic E-state index is 12.5. The van der Waals surface area contributed by atoms with Gasteiger partial charge in [-0.3, -0.25) is 9.59 Å². The van der Waals surface area contributed by atoms with E-state index in [0.717, 1.165) is 0 Å². The number of carbonyl (C=O) groups excluding carboxylic acids is 2. The van der Waals surface area contributed by atoms with Gasteiger partial charge in [-0.25, -0.2) is 4.79 Å². The SMILES string of the molecule is CC(=O)c1c(C)[nH]c(C(=O)N2CCC(O)(C(=O)O)CC2)c1C. The summed E-state index contributed by atoms with van der Waals surface area (Å²) in [7, 11) is 0. The van der Waals surface area contributed by atoms with E-state index >= 15 is 0 Å². The summed E-state index contributed by atoms with van der Waals surface area (Å²) in [5.41, 5.74) is 0.356. The molecule has 1 fully saturated rings. The van der Waals surface area contributed by atoms with E-state index in [1.165, 1.54) is 11.8 Å². The van der Waals surface area contributed by atoms with E-state index in [-0.39, 0.29) is 37.6 Å². The summed E-state index contributed by atoms with van der Waals surface area (Å²) in [4.78, 5) is 39.6. The van der Waals surface area contributed by atoms with Gasteiger partial charge >= 0.3 is 5.97 Å². The summed E-state index contributed by atoms with van der Waals surface area (Å²) in [6, 6.07) is 0. The van der Waals surface area contributed by atoms with Gasteiger partial charge < -0.3 is 20.1 Å². The van der Waals surface area contributed by atoms with E-state index in [2.05, 4.69) is 4.98 Å². The molecule has 7 nitrogen and oxygen atoms in total. The minimum Gasteiger partial charge on any atom is -0.479 e. The van der Waals surface area contributed by atoms with Gasteiger partial charge in [0.15, 0.2) is 11.4 Å². The summed E-state index contributed by atoms with van der Waals surface area (Å²) in [5, 5.41) is 18.9. The molecule has 1 aromatic rings. The standard InChI is InChI=1S/C15H20N2O5/c1-8-11(10(3)18)9(2)16-12(8)13(19)17-6-4-15(22,5-7-17)14(20)21/h16,22H,4-7H2,1-3H3,(H,20,21). The Morgan fingerprint density at radius 3 is 2.14 bits per heavy atom. The third kappa shape index (κ3) is 2.64. The van der Waals surface area contributed by atoms with E-state index in [4.69, 9.17) is 5.11 Å². The number of aromatic nitrogens is 1. The second kappa shape index (κ2) is 5.57. The Bertz CT molecular complexity index is 639. The van der Waals surface area contributed by atoms with Gasteiger partial charge in [0.1, 0.15) is 5.69 Å². The fraction of sp³-hybridized carbons (Fsp3) is 0.533. The van der Waals surface area contributed by atoms with Crippen LogP contribution in [-0.4, -0.2) is 56.4 Å². The van der Waals surface area contributed by atoms with Crippen molar-refractivity contribution in [2.45, 2.75) is 39.2 Å². The topological polar surface area (TPSA) is 111 Å². The van der Waals surface area contributed by atoms with Crippen LogP contribution in [0.15, 0.2) is 0 Å². The average Bonchev–Trinajstić information content (AvgIpc) is 2.74. The number of aromatic amines is 1. The molecule has 2 rings (SSSR count). The van der Waals surface area contributed by atoms with Gasteiger partial charge in [-0.1, -0.05) is 0 Å². The lowest BCUT2D eigenvalue weighted by molar-refractivity contribution is -0.162. The molecule has 0 unspecified atom stereocenters. The van der Waals surface area contributed by atoms with Gasteiger partial charge in [0.05, 0.1) is 0 Å². The molecule has 0 aliphatic carbocycles. The maximum Gasteiger partial charge on any atom is 0.335 e. The van der Waals surface area contributed by atoms with Gasteiger partial charge in [0.2, 0.25) is 0 Å². The number of nitrogens with zero attached hydrogens (tertiary/aromatic N) is 1. The van der Waals surface area contributed by atoms with Crippen LogP contribution in [0.1, 0.15) is 51.9 Å². The lowest BCUT2D eigenvalue weighted by atomic mass is 9.91. The molecule has 0 atom stereocenters. The zero-order chi connectivity index (χ0) is 16.7. The minimum atomic E-state index is -1.76. The number of amides is 1. The third-order valence-corrected chi connectivity index (χ3v) is 4.28. The molecule has 0 saturated carbocycles. The number of aryl methyl sites for hydroxylation is 1. The fourth-order valence-electron chi connectivity index (χ4n) is 2.94. The van der Waals surface area contributed by atoms with Crippen molar-refractivity contribution in [3.63, 3.8) is 0 Å². The largest absolute Gasteiger partial charge is 0.479 e. The highest BCUT2D eigenvalue weighted by Crippen LogP contribution is 2.25. The van der Waals surface area contributed by atoms with Gasteiger partial charge in [-0.2, -0.15) is 0 Å². The van der Waals surface area contributed by atoms with Gasteiger partial charge in [-0.15, -0.1) is 0 Å². The van der Waals surface area contributed by atoms with Crippen LogP contribution in [0.5, 0.6) is 0 Å². The highest BCUT2D eigenvalue weighted by atomic mass is 16.4. The minimum absolute atomic E-state index is 0.00756. The first-order chi connectivity index (χ1) is 10.2. The molecule has 1 aliphatic heterocycles. The second-order valence-corrected chi connectivity index (χ2v) is 5.81. The summed E-state index contributed by atoms with van der Waals surface area (Å²) in [5.74, 6) is -1.64. The molecule has 0 aromatic carbocycles. The van der Waals surface area contributed by atoms with Gasteiger partial charge in [0, 0.05) is 37.2 Å². The Morgan fingerprint density at radius 1 is 1.18 bits per heavy atom. The Hall–Kier alpha value is -2.15. The van der Waals surface area contributed by atoms with Crippen LogP contribution in [0, 0.1) is 13.8 Å². The van der Waals surface area contributed by atoms with Crippen molar-refractivity contribution in [1.29, 1.82) is 0 Å². The number of piperidine rings is 1. The second-order valence-electron chi connectivity index (χ2n) is 5.81. The molecular formula is C15H20N2O5. The highest BCUT2D eigenvalue weighted by Gasteiger charge is 2.41. The highest BCUT2D eigenvalue weighted by molar-refractivity contribution is 6.02. The van der Waals surface area contributed by atoms with Crippen LogP contribution in [0.2, 0.25) is 0 Å². The number of Topliss-reactive ketones (excluding diaryl/α,β-unsaturated/α-hetero) is 1. The Labute approximate surface area is 127 Å². The van der Waals surface area contributed by atoms with Crippen molar-refractivity contribution in [3.05, 3.63) is 22.5 Å². The Kier molecular flexibility index (Phi) is 4.10. The van der Waals surface area contributed by atoms with E-state index in [9.17, 15) is 19.5 Å². The third-order valence-electron chi connectivity index (χ3n) is 4.28. The number of nitrogens with one attached hydrogen (secondary N) is 1. The van der Waals surface area contributed by atoms with E-state index in [1.54, 1.807) is 13.8 Å². The fourth-order valence-corrected chi connectivity index (χ4v) is 2.94. The number of aliphatic carboxylic acids is 1. The smallest absolute Gasteiger partial charge is 0.335 e. The van der Waals surface area contributed by atoms with Crippen molar-refractivity contribution in [1.82, 2.24) is 9.88 Å². The summed E-state index contributed by atoms with van der Waals surface area (Å²) < 4.78 is 0. The van der Waals surface area contributed by atoms with E-state index < -0.39 is 11.6 Å². The number of H-pyrrole nitrogens is 1. The molecule has 1 amide bonds. The summed E-state index contributed by atoms with van der Waals surface area (Å²) in [6.45, 7) is 5.22. The number of hydrogen-bond acceptors (Lipinski definition) is 4. The lowest BCUT2D eigenvalue weighted by Crippen LogP contribution is -2.51.